The molecule has 0 saturated heterocycles. The Morgan fingerprint density at radius 3 is 2.32 bits per heavy atom. The van der Waals surface area contributed by atoms with E-state index in [9.17, 15) is 18.0 Å². The van der Waals surface area contributed by atoms with Crippen LogP contribution in [0.5, 0.6) is 0 Å². The lowest BCUT2D eigenvalue weighted by Crippen LogP contribution is -2.26. The molecule has 1 heterocycles. The van der Waals surface area contributed by atoms with Crippen molar-refractivity contribution in [2.45, 2.75) is 12.7 Å². The molecule has 0 atom stereocenters. The molecule has 3 rings (SSSR count). The average molecular weight is 385 g/mol. The number of carbonyl (C=O) groups is 1. The van der Waals surface area contributed by atoms with Crippen molar-refractivity contribution in [2.24, 2.45) is 0 Å². The highest BCUT2D eigenvalue weighted by Gasteiger charge is 2.33. The number of aromatic nitrogens is 1. The highest BCUT2D eigenvalue weighted by atomic mass is 19.4. The highest BCUT2D eigenvalue weighted by molar-refractivity contribution is 5.94. The largest absolute Gasteiger partial charge is 0.418 e. The molecule has 0 aliphatic rings. The Kier molecular flexibility index (Phi) is 5.63. The van der Waals surface area contributed by atoms with Crippen LogP contribution in [0, 0.1) is 0 Å². The number of carbonyl (C=O) groups excluding carboxylic acids is 1. The van der Waals surface area contributed by atoms with E-state index in [1.54, 1.807) is 11.9 Å². The fraction of sp³-hybridized carbons (Fsp3) is 0.143. The number of amides is 1. The molecule has 2 aromatic carbocycles. The lowest BCUT2D eigenvalue weighted by atomic mass is 10.1. The summed E-state index contributed by atoms with van der Waals surface area (Å²) in [7, 11) is 1.68. The van der Waals surface area contributed by atoms with Crippen molar-refractivity contribution in [3.05, 3.63) is 89.6 Å². The van der Waals surface area contributed by atoms with Gasteiger partial charge in [-0.3, -0.25) is 4.79 Å². The van der Waals surface area contributed by atoms with Crippen LogP contribution in [0.25, 0.3) is 0 Å². The zero-order chi connectivity index (χ0) is 20.1. The molecule has 0 aliphatic carbocycles. The summed E-state index contributed by atoms with van der Waals surface area (Å²) in [6.07, 6.45) is -3.12. The zero-order valence-corrected chi connectivity index (χ0v) is 15.1. The van der Waals surface area contributed by atoms with Gasteiger partial charge >= 0.3 is 6.18 Å². The first kappa shape index (κ1) is 19.4. The van der Waals surface area contributed by atoms with Crippen LogP contribution in [0.2, 0.25) is 0 Å². The summed E-state index contributed by atoms with van der Waals surface area (Å²) in [5, 5.41) is 2.66. The van der Waals surface area contributed by atoms with E-state index in [0.717, 1.165) is 11.6 Å². The first-order valence-electron chi connectivity index (χ1n) is 8.53. The van der Waals surface area contributed by atoms with Crippen LogP contribution >= 0.6 is 0 Å². The third-order valence-corrected chi connectivity index (χ3v) is 4.11. The van der Waals surface area contributed by atoms with Crippen molar-refractivity contribution < 1.29 is 18.0 Å². The second kappa shape index (κ2) is 8.12. The minimum atomic E-state index is -4.47. The maximum absolute atomic E-state index is 13.1. The van der Waals surface area contributed by atoms with Crippen molar-refractivity contribution >= 4 is 17.4 Å². The van der Waals surface area contributed by atoms with Gasteiger partial charge in [0.25, 0.3) is 5.91 Å². The molecule has 1 N–H and O–H groups in total. The summed E-state index contributed by atoms with van der Waals surface area (Å²) in [5.41, 5.74) is 0.476. The first-order valence-corrected chi connectivity index (χ1v) is 8.53. The Labute approximate surface area is 160 Å². The summed E-state index contributed by atoms with van der Waals surface area (Å²) in [5.74, 6) is -0.00226. The molecule has 4 nitrogen and oxygen atoms in total. The van der Waals surface area contributed by atoms with Gasteiger partial charge < -0.3 is 10.2 Å². The van der Waals surface area contributed by atoms with Crippen LogP contribution in [0.3, 0.4) is 0 Å². The monoisotopic (exact) mass is 385 g/mol. The predicted molar refractivity (Wildman–Crippen MR) is 101 cm³/mol. The SMILES string of the molecule is CN(Cc1ccccc1)C(=O)c1ccc(Nc2ccccc2C(F)(F)F)nc1. The number of benzene rings is 2. The Morgan fingerprint density at radius 1 is 1.00 bits per heavy atom. The molecule has 144 valence electrons. The number of para-hydroxylation sites is 1. The van der Waals surface area contributed by atoms with Crippen molar-refractivity contribution in [1.82, 2.24) is 9.88 Å². The van der Waals surface area contributed by atoms with Crippen LogP contribution in [-0.4, -0.2) is 22.8 Å². The zero-order valence-electron chi connectivity index (χ0n) is 15.1. The number of hydrogen-bond acceptors (Lipinski definition) is 3. The van der Waals surface area contributed by atoms with E-state index < -0.39 is 11.7 Å². The number of nitrogens with zero attached hydrogens (tertiary/aromatic N) is 2. The highest BCUT2D eigenvalue weighted by Crippen LogP contribution is 2.35. The summed E-state index contributed by atoms with van der Waals surface area (Å²) >= 11 is 0. The minimum Gasteiger partial charge on any atom is -0.340 e. The van der Waals surface area contributed by atoms with Crippen LogP contribution in [0.4, 0.5) is 24.7 Å². The quantitative estimate of drug-likeness (QED) is 0.663. The molecule has 3 aromatic rings. The standard InChI is InChI=1S/C21H18F3N3O/c1-27(14-15-7-3-2-4-8-15)20(28)16-11-12-19(25-13-16)26-18-10-6-5-9-17(18)21(22,23)24/h2-13H,14H2,1H3,(H,25,26). The molecule has 0 radical (unpaired) electrons. The number of rotatable bonds is 5. The van der Waals surface area contributed by atoms with Gasteiger partial charge in [0.05, 0.1) is 16.8 Å². The summed E-state index contributed by atoms with van der Waals surface area (Å²) in [6, 6.07) is 17.7. The van der Waals surface area contributed by atoms with E-state index in [1.807, 2.05) is 30.3 Å². The number of pyridine rings is 1. The maximum atomic E-state index is 13.1. The second-order valence-corrected chi connectivity index (χ2v) is 6.25. The predicted octanol–water partition coefficient (Wildman–Crippen LogP) is 5.12. The lowest BCUT2D eigenvalue weighted by molar-refractivity contribution is -0.136. The number of alkyl halides is 3. The molecule has 0 fully saturated rings. The molecule has 1 amide bonds. The van der Waals surface area contributed by atoms with Gasteiger partial charge in [0.2, 0.25) is 0 Å². The summed E-state index contributed by atoms with van der Waals surface area (Å²) in [4.78, 5) is 18.2. The summed E-state index contributed by atoms with van der Waals surface area (Å²) < 4.78 is 39.2. The molecule has 0 saturated carbocycles. The molecule has 0 spiro atoms. The number of halogens is 3. The van der Waals surface area contributed by atoms with E-state index in [-0.39, 0.29) is 17.4 Å². The van der Waals surface area contributed by atoms with Crippen molar-refractivity contribution in [3.63, 3.8) is 0 Å². The normalized spacial score (nSPS) is 11.1. The Hall–Kier alpha value is -3.35. The fourth-order valence-electron chi connectivity index (χ4n) is 2.72. The maximum Gasteiger partial charge on any atom is 0.418 e. The molecule has 0 aliphatic heterocycles. The molecular formula is C21H18F3N3O. The van der Waals surface area contributed by atoms with Crippen LogP contribution < -0.4 is 5.32 Å². The molecule has 0 unspecified atom stereocenters. The van der Waals surface area contributed by atoms with Crippen LogP contribution in [0.15, 0.2) is 72.9 Å². The molecule has 0 bridgehead atoms. The Balaban J connectivity index is 1.71. The van der Waals surface area contributed by atoms with E-state index in [1.165, 1.54) is 36.5 Å². The van der Waals surface area contributed by atoms with Crippen molar-refractivity contribution in [2.75, 3.05) is 12.4 Å². The Bertz CT molecular complexity index is 941. The first-order chi connectivity index (χ1) is 13.3. The van der Waals surface area contributed by atoms with E-state index >= 15 is 0 Å². The third kappa shape index (κ3) is 4.68. The van der Waals surface area contributed by atoms with Gasteiger partial charge in [-0.2, -0.15) is 13.2 Å². The minimum absolute atomic E-state index is 0.0947. The number of anilines is 2. The van der Waals surface area contributed by atoms with Crippen molar-refractivity contribution in [1.29, 1.82) is 0 Å². The van der Waals surface area contributed by atoms with Gasteiger partial charge in [0.1, 0.15) is 5.82 Å². The smallest absolute Gasteiger partial charge is 0.340 e. The van der Waals surface area contributed by atoms with Gasteiger partial charge in [0.15, 0.2) is 0 Å². The van der Waals surface area contributed by atoms with Crippen LogP contribution in [-0.2, 0) is 12.7 Å². The molecule has 7 heteroatoms. The lowest BCUT2D eigenvalue weighted by Gasteiger charge is -2.17. The molecule has 1 aromatic heterocycles. The van der Waals surface area contributed by atoms with Gasteiger partial charge in [-0.15, -0.1) is 0 Å². The van der Waals surface area contributed by atoms with Gasteiger partial charge in [0, 0.05) is 19.8 Å². The van der Waals surface area contributed by atoms with Gasteiger partial charge in [-0.1, -0.05) is 42.5 Å². The van der Waals surface area contributed by atoms with E-state index in [2.05, 4.69) is 10.3 Å². The van der Waals surface area contributed by atoms with Crippen molar-refractivity contribution in [3.8, 4) is 0 Å². The average Bonchev–Trinajstić information content (AvgIpc) is 2.68. The van der Waals surface area contributed by atoms with E-state index in [4.69, 9.17) is 0 Å². The van der Waals surface area contributed by atoms with Gasteiger partial charge in [-0.05, 0) is 29.8 Å². The molecular weight excluding hydrogens is 367 g/mol. The number of nitrogens with one attached hydrogen (secondary N) is 1. The second-order valence-electron chi connectivity index (χ2n) is 6.25. The topological polar surface area (TPSA) is 45.2 Å². The third-order valence-electron chi connectivity index (χ3n) is 4.11. The molecule has 28 heavy (non-hydrogen) atoms. The summed E-state index contributed by atoms with van der Waals surface area (Å²) in [6.45, 7) is 0.443. The van der Waals surface area contributed by atoms with Crippen LogP contribution in [0.1, 0.15) is 21.5 Å². The number of hydrogen-bond donors (Lipinski definition) is 1. The van der Waals surface area contributed by atoms with Gasteiger partial charge in [-0.25, -0.2) is 4.98 Å². The fourth-order valence-corrected chi connectivity index (χ4v) is 2.72. The Morgan fingerprint density at radius 2 is 1.68 bits per heavy atom. The van der Waals surface area contributed by atoms with E-state index in [0.29, 0.717) is 12.1 Å².